The topological polar surface area (TPSA) is 95.5 Å². The van der Waals surface area contributed by atoms with Gasteiger partial charge >= 0.3 is 5.97 Å². The molecule has 108 valence electrons. The molecule has 0 saturated heterocycles. The first-order valence-electron chi connectivity index (χ1n) is 6.47. The molecule has 1 rings (SSSR count). The summed E-state index contributed by atoms with van der Waals surface area (Å²) in [6.45, 7) is 7.49. The van der Waals surface area contributed by atoms with Crippen LogP contribution in [-0.4, -0.2) is 35.5 Å². The third-order valence-corrected chi connectivity index (χ3v) is 3.48. The molecule has 6 nitrogen and oxygen atoms in total. The molecule has 0 aliphatic heterocycles. The Balaban J connectivity index is 2.34. The third kappa shape index (κ3) is 3.68. The molecule has 1 fully saturated rings. The smallest absolute Gasteiger partial charge is 0.307 e. The van der Waals surface area contributed by atoms with Crippen molar-refractivity contribution in [1.29, 1.82) is 0 Å². The van der Waals surface area contributed by atoms with Crippen LogP contribution in [0, 0.1) is 17.3 Å². The molecule has 0 heterocycles. The summed E-state index contributed by atoms with van der Waals surface area (Å²) in [4.78, 5) is 34.1. The number of rotatable bonds is 6. The van der Waals surface area contributed by atoms with E-state index in [1.165, 1.54) is 0 Å². The summed E-state index contributed by atoms with van der Waals surface area (Å²) in [5, 5.41) is 14.3. The average Bonchev–Trinajstić information content (AvgIpc) is 2.80. The number of aliphatic carboxylic acids is 1. The highest BCUT2D eigenvalue weighted by molar-refractivity contribution is 5.91. The maximum atomic E-state index is 11.8. The van der Waals surface area contributed by atoms with Crippen LogP contribution < -0.4 is 10.6 Å². The third-order valence-electron chi connectivity index (χ3n) is 3.48. The van der Waals surface area contributed by atoms with Crippen LogP contribution in [0.25, 0.3) is 0 Å². The van der Waals surface area contributed by atoms with Crippen molar-refractivity contribution in [3.63, 3.8) is 0 Å². The lowest BCUT2D eigenvalue weighted by Crippen LogP contribution is -2.35. The molecule has 3 N–H and O–H groups in total. The van der Waals surface area contributed by atoms with Gasteiger partial charge in [-0.1, -0.05) is 13.8 Å². The Morgan fingerprint density at radius 3 is 2.21 bits per heavy atom. The van der Waals surface area contributed by atoms with Crippen LogP contribution in [0.2, 0.25) is 0 Å². The number of carboxylic acid groups (broad SMARTS) is 1. The fraction of sp³-hybridized carbons (Fsp3) is 0.769. The van der Waals surface area contributed by atoms with E-state index in [0.29, 0.717) is 0 Å². The second kappa shape index (κ2) is 5.59. The van der Waals surface area contributed by atoms with E-state index in [2.05, 4.69) is 10.6 Å². The van der Waals surface area contributed by atoms with Crippen molar-refractivity contribution in [2.45, 2.75) is 40.2 Å². The first kappa shape index (κ1) is 15.5. The van der Waals surface area contributed by atoms with Gasteiger partial charge in [-0.3, -0.25) is 14.4 Å². The second-order valence-electron chi connectivity index (χ2n) is 5.88. The zero-order chi connectivity index (χ0) is 14.8. The van der Waals surface area contributed by atoms with Crippen LogP contribution in [0.5, 0.6) is 0 Å². The predicted octanol–water partition coefficient (Wildman–Crippen LogP) is 0.374. The normalized spacial score (nSPS) is 23.8. The van der Waals surface area contributed by atoms with Crippen LogP contribution >= 0.6 is 0 Å². The van der Waals surface area contributed by atoms with Gasteiger partial charge in [-0.25, -0.2) is 0 Å². The summed E-state index contributed by atoms with van der Waals surface area (Å²) in [6, 6.07) is 0.0713. The molecule has 2 atom stereocenters. The van der Waals surface area contributed by atoms with E-state index in [1.54, 1.807) is 13.8 Å². The molecule has 19 heavy (non-hydrogen) atoms. The minimum absolute atomic E-state index is 0.0713. The molecule has 1 saturated carbocycles. The van der Waals surface area contributed by atoms with Crippen LogP contribution in [0.15, 0.2) is 0 Å². The molecule has 1 aliphatic carbocycles. The van der Waals surface area contributed by atoms with Gasteiger partial charge in [0, 0.05) is 19.0 Å². The first-order chi connectivity index (χ1) is 8.67. The summed E-state index contributed by atoms with van der Waals surface area (Å²) < 4.78 is 0. The summed E-state index contributed by atoms with van der Waals surface area (Å²) in [5.41, 5.74) is -0.504. The van der Waals surface area contributed by atoms with Crippen molar-refractivity contribution < 1.29 is 19.5 Å². The zero-order valence-electron chi connectivity index (χ0n) is 11.8. The number of hydrogen-bond acceptors (Lipinski definition) is 3. The Bertz CT molecular complexity index is 390. The maximum Gasteiger partial charge on any atom is 0.307 e. The van der Waals surface area contributed by atoms with Crippen molar-refractivity contribution in [3.05, 3.63) is 0 Å². The number of amides is 2. The van der Waals surface area contributed by atoms with Gasteiger partial charge in [-0.2, -0.15) is 0 Å². The zero-order valence-corrected chi connectivity index (χ0v) is 11.8. The minimum atomic E-state index is -0.942. The molecule has 0 aromatic heterocycles. The summed E-state index contributed by atoms with van der Waals surface area (Å²) in [6.07, 6.45) is 0.203. The van der Waals surface area contributed by atoms with Gasteiger partial charge in [-0.05, 0) is 19.3 Å². The molecule has 0 aromatic rings. The Morgan fingerprint density at radius 1 is 1.21 bits per heavy atom. The van der Waals surface area contributed by atoms with Gasteiger partial charge < -0.3 is 15.7 Å². The van der Waals surface area contributed by atoms with Crippen molar-refractivity contribution in [3.8, 4) is 0 Å². The fourth-order valence-corrected chi connectivity index (χ4v) is 2.39. The molecular weight excluding hydrogens is 248 g/mol. The molecule has 2 amide bonds. The highest BCUT2D eigenvalue weighted by atomic mass is 16.4. The average molecular weight is 270 g/mol. The van der Waals surface area contributed by atoms with Gasteiger partial charge in [0.2, 0.25) is 11.8 Å². The number of carbonyl (C=O) groups excluding carboxylic acids is 2. The van der Waals surface area contributed by atoms with E-state index >= 15 is 0 Å². The molecule has 0 radical (unpaired) electrons. The van der Waals surface area contributed by atoms with E-state index in [0.717, 1.165) is 0 Å². The van der Waals surface area contributed by atoms with Gasteiger partial charge in [0.15, 0.2) is 0 Å². The van der Waals surface area contributed by atoms with Gasteiger partial charge in [0.05, 0.1) is 11.8 Å². The Morgan fingerprint density at radius 2 is 1.79 bits per heavy atom. The van der Waals surface area contributed by atoms with Gasteiger partial charge in [0.1, 0.15) is 0 Å². The summed E-state index contributed by atoms with van der Waals surface area (Å²) in [5.74, 6) is -2.48. The predicted molar refractivity (Wildman–Crippen MR) is 69.3 cm³/mol. The summed E-state index contributed by atoms with van der Waals surface area (Å²) >= 11 is 0. The van der Waals surface area contributed by atoms with Crippen LogP contribution in [0.3, 0.4) is 0 Å². The second-order valence-corrected chi connectivity index (χ2v) is 5.88. The Hall–Kier alpha value is -1.59. The highest BCUT2D eigenvalue weighted by Gasteiger charge is 2.65. The minimum Gasteiger partial charge on any atom is -0.481 e. The van der Waals surface area contributed by atoms with E-state index in [9.17, 15) is 14.4 Å². The molecule has 0 bridgehead atoms. The Labute approximate surface area is 112 Å². The van der Waals surface area contributed by atoms with E-state index < -0.39 is 23.2 Å². The number of hydrogen-bond donors (Lipinski definition) is 3. The maximum absolute atomic E-state index is 11.8. The van der Waals surface area contributed by atoms with Crippen molar-refractivity contribution in [1.82, 2.24) is 10.6 Å². The van der Waals surface area contributed by atoms with Crippen LogP contribution in [-0.2, 0) is 14.4 Å². The quantitative estimate of drug-likeness (QED) is 0.650. The lowest BCUT2D eigenvalue weighted by molar-refractivity contribution is -0.140. The highest BCUT2D eigenvalue weighted by Crippen LogP contribution is 2.58. The summed E-state index contributed by atoms with van der Waals surface area (Å²) in [7, 11) is 0. The molecule has 6 heteroatoms. The number of nitrogens with one attached hydrogen (secondary N) is 2. The van der Waals surface area contributed by atoms with E-state index in [-0.39, 0.29) is 30.8 Å². The van der Waals surface area contributed by atoms with Gasteiger partial charge in [0.25, 0.3) is 0 Å². The van der Waals surface area contributed by atoms with Crippen LogP contribution in [0.1, 0.15) is 34.1 Å². The van der Waals surface area contributed by atoms with Crippen LogP contribution in [0.4, 0.5) is 0 Å². The van der Waals surface area contributed by atoms with Gasteiger partial charge in [-0.15, -0.1) is 0 Å². The van der Waals surface area contributed by atoms with E-state index in [4.69, 9.17) is 5.11 Å². The standard InChI is InChI=1S/C13H22N2O4/c1-7(2)15-8(16)5-6-14-11(17)9-10(12(18)19)13(9,3)4/h7,9-10H,5-6H2,1-4H3,(H,14,17)(H,15,16)(H,18,19)/t9-,10+/m0/s1. The SMILES string of the molecule is CC(C)NC(=O)CCNC(=O)[C@@H]1[C@H](C(=O)O)C1(C)C. The monoisotopic (exact) mass is 270 g/mol. The van der Waals surface area contributed by atoms with Crippen molar-refractivity contribution >= 4 is 17.8 Å². The van der Waals surface area contributed by atoms with E-state index in [1.807, 2.05) is 13.8 Å². The molecule has 1 aliphatic rings. The lowest BCUT2D eigenvalue weighted by Gasteiger charge is -2.09. The molecule has 0 spiro atoms. The molecule has 0 aromatic carbocycles. The fourth-order valence-electron chi connectivity index (χ4n) is 2.39. The first-order valence-corrected chi connectivity index (χ1v) is 6.47. The largest absolute Gasteiger partial charge is 0.481 e. The lowest BCUT2D eigenvalue weighted by atomic mass is 10.1. The molecular formula is C13H22N2O4. The van der Waals surface area contributed by atoms with Crippen molar-refractivity contribution in [2.75, 3.05) is 6.54 Å². The number of carbonyl (C=O) groups is 3. The molecule has 0 unspecified atom stereocenters. The van der Waals surface area contributed by atoms with Crippen molar-refractivity contribution in [2.24, 2.45) is 17.3 Å². The Kier molecular flexibility index (Phi) is 4.55. The number of carboxylic acids is 1.